The van der Waals surface area contributed by atoms with Gasteiger partial charge in [0.25, 0.3) is 5.91 Å². The van der Waals surface area contributed by atoms with Crippen LogP contribution < -0.4 is 0 Å². The molecule has 3 aromatic rings. The summed E-state index contributed by atoms with van der Waals surface area (Å²) in [5.41, 5.74) is 1.24. The van der Waals surface area contributed by atoms with Crippen molar-refractivity contribution in [2.24, 2.45) is 0 Å². The van der Waals surface area contributed by atoms with Crippen LogP contribution in [0.2, 0.25) is 0 Å². The van der Waals surface area contributed by atoms with Crippen molar-refractivity contribution in [3.05, 3.63) is 71.2 Å². The Bertz CT molecular complexity index is 1180. The molecule has 1 aliphatic rings. The van der Waals surface area contributed by atoms with Gasteiger partial charge >= 0.3 is 0 Å². The molecule has 1 aliphatic heterocycles. The summed E-state index contributed by atoms with van der Waals surface area (Å²) >= 11 is 1.37. The summed E-state index contributed by atoms with van der Waals surface area (Å²) in [4.78, 5) is 18.4. The third kappa shape index (κ3) is 3.98. The second-order valence-electron chi connectivity index (χ2n) is 6.68. The van der Waals surface area contributed by atoms with E-state index in [1.807, 2.05) is 30.3 Å². The SMILES string of the molecule is O=C(c1csc(-c2ccccc2)n1)N1CCN(S(=O)(=O)c2ccc(F)c(F)c2)CC1. The van der Waals surface area contributed by atoms with Crippen molar-refractivity contribution in [1.82, 2.24) is 14.2 Å². The molecule has 0 saturated carbocycles. The van der Waals surface area contributed by atoms with Crippen LogP contribution in [0, 0.1) is 11.6 Å². The van der Waals surface area contributed by atoms with E-state index in [0.29, 0.717) is 11.8 Å². The molecule has 0 spiro atoms. The van der Waals surface area contributed by atoms with Crippen LogP contribution in [0.15, 0.2) is 58.8 Å². The number of hydrogen-bond acceptors (Lipinski definition) is 5. The Morgan fingerprint density at radius 3 is 2.33 bits per heavy atom. The average molecular weight is 450 g/mol. The molecular weight excluding hydrogens is 432 g/mol. The predicted octanol–water partition coefficient (Wildman–Crippen LogP) is 3.24. The Morgan fingerprint density at radius 2 is 1.67 bits per heavy atom. The quantitative estimate of drug-likeness (QED) is 0.613. The molecule has 6 nitrogen and oxygen atoms in total. The van der Waals surface area contributed by atoms with Crippen LogP contribution in [-0.2, 0) is 10.0 Å². The van der Waals surface area contributed by atoms with Gasteiger partial charge in [0.15, 0.2) is 11.6 Å². The lowest BCUT2D eigenvalue weighted by molar-refractivity contribution is 0.0693. The summed E-state index contributed by atoms with van der Waals surface area (Å²) in [5, 5.41) is 2.42. The number of hydrogen-bond donors (Lipinski definition) is 0. The van der Waals surface area contributed by atoms with Crippen molar-refractivity contribution in [3.8, 4) is 10.6 Å². The maximum absolute atomic E-state index is 13.4. The Morgan fingerprint density at radius 1 is 0.967 bits per heavy atom. The summed E-state index contributed by atoms with van der Waals surface area (Å²) in [6.07, 6.45) is 0. The van der Waals surface area contributed by atoms with Gasteiger partial charge in [0.2, 0.25) is 10.0 Å². The number of carbonyl (C=O) groups excluding carboxylic acids is 1. The van der Waals surface area contributed by atoms with E-state index in [9.17, 15) is 22.0 Å². The third-order valence-corrected chi connectivity index (χ3v) is 7.58. The van der Waals surface area contributed by atoms with Gasteiger partial charge in [0.1, 0.15) is 10.7 Å². The molecule has 0 aliphatic carbocycles. The molecule has 0 radical (unpaired) electrons. The molecule has 1 fully saturated rings. The number of benzene rings is 2. The molecule has 2 heterocycles. The fraction of sp³-hybridized carbons (Fsp3) is 0.200. The van der Waals surface area contributed by atoms with Crippen LogP contribution >= 0.6 is 11.3 Å². The largest absolute Gasteiger partial charge is 0.335 e. The van der Waals surface area contributed by atoms with Gasteiger partial charge < -0.3 is 4.90 Å². The van der Waals surface area contributed by atoms with Gasteiger partial charge in [0.05, 0.1) is 4.90 Å². The third-order valence-electron chi connectivity index (χ3n) is 4.80. The van der Waals surface area contributed by atoms with Crippen molar-refractivity contribution < 1.29 is 22.0 Å². The first-order chi connectivity index (χ1) is 14.4. The molecule has 1 aromatic heterocycles. The summed E-state index contributed by atoms with van der Waals surface area (Å²) in [7, 11) is -3.97. The maximum Gasteiger partial charge on any atom is 0.273 e. The van der Waals surface area contributed by atoms with E-state index in [4.69, 9.17) is 0 Å². The van der Waals surface area contributed by atoms with Crippen LogP contribution in [0.25, 0.3) is 10.6 Å². The highest BCUT2D eigenvalue weighted by atomic mass is 32.2. The number of piperazine rings is 1. The molecule has 0 unspecified atom stereocenters. The highest BCUT2D eigenvalue weighted by molar-refractivity contribution is 7.89. The van der Waals surface area contributed by atoms with Crippen LogP contribution in [0.4, 0.5) is 8.78 Å². The lowest BCUT2D eigenvalue weighted by atomic mass is 10.2. The fourth-order valence-electron chi connectivity index (χ4n) is 3.17. The number of aromatic nitrogens is 1. The molecule has 30 heavy (non-hydrogen) atoms. The fourth-order valence-corrected chi connectivity index (χ4v) is 5.40. The van der Waals surface area contributed by atoms with Gasteiger partial charge in [-0.25, -0.2) is 22.2 Å². The van der Waals surface area contributed by atoms with Crippen molar-refractivity contribution >= 4 is 27.3 Å². The predicted molar refractivity (Wildman–Crippen MR) is 109 cm³/mol. The minimum absolute atomic E-state index is 0.0583. The lowest BCUT2D eigenvalue weighted by Gasteiger charge is -2.33. The first kappa shape index (κ1) is 20.6. The Hall–Kier alpha value is -2.69. The molecule has 1 amide bonds. The van der Waals surface area contributed by atoms with E-state index in [1.54, 1.807) is 10.3 Å². The smallest absolute Gasteiger partial charge is 0.273 e. The number of sulfonamides is 1. The van der Waals surface area contributed by atoms with Gasteiger partial charge in [-0.1, -0.05) is 30.3 Å². The van der Waals surface area contributed by atoms with Crippen molar-refractivity contribution in [1.29, 1.82) is 0 Å². The van der Waals surface area contributed by atoms with Crippen LogP contribution in [-0.4, -0.2) is 54.7 Å². The molecule has 1 saturated heterocycles. The van der Waals surface area contributed by atoms with E-state index in [-0.39, 0.29) is 37.0 Å². The molecule has 10 heteroatoms. The Labute approximate surface area is 176 Å². The Kier molecular flexibility index (Phi) is 5.63. The zero-order valence-corrected chi connectivity index (χ0v) is 17.3. The van der Waals surface area contributed by atoms with Crippen LogP contribution in [0.5, 0.6) is 0 Å². The summed E-state index contributed by atoms with van der Waals surface area (Å²) < 4.78 is 53.1. The molecule has 0 N–H and O–H groups in total. The van der Waals surface area contributed by atoms with E-state index in [2.05, 4.69) is 4.98 Å². The van der Waals surface area contributed by atoms with Crippen molar-refractivity contribution in [2.45, 2.75) is 4.90 Å². The van der Waals surface area contributed by atoms with E-state index >= 15 is 0 Å². The number of halogens is 2. The maximum atomic E-state index is 13.4. The zero-order chi connectivity index (χ0) is 21.3. The summed E-state index contributed by atoms with van der Waals surface area (Å²) in [6, 6.07) is 12.0. The van der Waals surface area contributed by atoms with E-state index < -0.39 is 21.7 Å². The van der Waals surface area contributed by atoms with Gasteiger partial charge in [-0.05, 0) is 18.2 Å². The minimum atomic E-state index is -3.97. The normalized spacial score (nSPS) is 15.3. The van der Waals surface area contributed by atoms with Gasteiger partial charge in [-0.3, -0.25) is 4.79 Å². The minimum Gasteiger partial charge on any atom is -0.335 e. The zero-order valence-electron chi connectivity index (χ0n) is 15.7. The number of carbonyl (C=O) groups is 1. The van der Waals surface area contributed by atoms with Gasteiger partial charge in [-0.2, -0.15) is 4.31 Å². The number of amides is 1. The standard InChI is InChI=1S/C20H17F2N3O3S2/c21-16-7-6-15(12-17(16)22)30(27,28)25-10-8-24(9-11-25)20(26)18-13-29-19(23-18)14-4-2-1-3-5-14/h1-7,12-13H,8-11H2. The molecule has 0 bridgehead atoms. The van der Waals surface area contributed by atoms with Gasteiger partial charge in [0, 0.05) is 37.1 Å². The molecule has 156 valence electrons. The monoisotopic (exact) mass is 449 g/mol. The second kappa shape index (κ2) is 8.21. The summed E-state index contributed by atoms with van der Waals surface area (Å²) in [6.45, 7) is 0.478. The number of rotatable bonds is 4. The number of nitrogens with zero attached hydrogens (tertiary/aromatic N) is 3. The van der Waals surface area contributed by atoms with Gasteiger partial charge in [-0.15, -0.1) is 11.3 Å². The average Bonchev–Trinajstić information content (AvgIpc) is 3.26. The second-order valence-corrected chi connectivity index (χ2v) is 9.47. The first-order valence-electron chi connectivity index (χ1n) is 9.12. The van der Waals surface area contributed by atoms with Crippen LogP contribution in [0.1, 0.15) is 10.5 Å². The van der Waals surface area contributed by atoms with E-state index in [1.165, 1.54) is 15.6 Å². The summed E-state index contributed by atoms with van der Waals surface area (Å²) in [5.74, 6) is -2.59. The highest BCUT2D eigenvalue weighted by Gasteiger charge is 2.31. The van der Waals surface area contributed by atoms with Crippen molar-refractivity contribution in [2.75, 3.05) is 26.2 Å². The van der Waals surface area contributed by atoms with Crippen LogP contribution in [0.3, 0.4) is 0 Å². The number of thiazole rings is 1. The topological polar surface area (TPSA) is 70.6 Å². The van der Waals surface area contributed by atoms with Crippen molar-refractivity contribution in [3.63, 3.8) is 0 Å². The first-order valence-corrected chi connectivity index (χ1v) is 11.4. The highest BCUT2D eigenvalue weighted by Crippen LogP contribution is 2.25. The Balaban J connectivity index is 1.43. The van der Waals surface area contributed by atoms with E-state index in [0.717, 1.165) is 22.7 Å². The molecular formula is C20H17F2N3O3S2. The molecule has 0 atom stereocenters. The lowest BCUT2D eigenvalue weighted by Crippen LogP contribution is -2.50. The molecule has 4 rings (SSSR count). The molecule has 2 aromatic carbocycles.